The molecular formula is C28H29N3O4. The summed E-state index contributed by atoms with van der Waals surface area (Å²) in [6.45, 7) is 5.14. The highest BCUT2D eigenvalue weighted by Gasteiger charge is 2.65. The van der Waals surface area contributed by atoms with Crippen LogP contribution in [0.3, 0.4) is 0 Å². The van der Waals surface area contributed by atoms with E-state index in [1.165, 1.54) is 0 Å². The predicted molar refractivity (Wildman–Crippen MR) is 132 cm³/mol. The van der Waals surface area contributed by atoms with Crippen LogP contribution in [0, 0.1) is 5.92 Å². The van der Waals surface area contributed by atoms with Crippen molar-refractivity contribution in [2.45, 2.75) is 36.9 Å². The maximum absolute atomic E-state index is 14.3. The largest absolute Gasteiger partial charge is 0.454 e. The Bertz CT molecular complexity index is 1250. The van der Waals surface area contributed by atoms with Crippen LogP contribution >= 0.6 is 0 Å². The molecule has 4 atom stereocenters. The first-order valence-corrected chi connectivity index (χ1v) is 12.4. The summed E-state index contributed by atoms with van der Waals surface area (Å²) < 4.78 is 17.7. The van der Waals surface area contributed by atoms with Gasteiger partial charge in [0, 0.05) is 29.9 Å². The van der Waals surface area contributed by atoms with E-state index in [0.29, 0.717) is 30.7 Å². The van der Waals surface area contributed by atoms with Gasteiger partial charge in [0.15, 0.2) is 11.5 Å². The highest BCUT2D eigenvalue weighted by atomic mass is 16.7. The Kier molecular flexibility index (Phi) is 4.57. The zero-order valence-corrected chi connectivity index (χ0v) is 19.8. The second-order valence-electron chi connectivity index (χ2n) is 10.3. The molecule has 7 nitrogen and oxygen atoms in total. The Balaban J connectivity index is 1.21. The number of fused-ring (bicyclic) bond motifs is 5. The van der Waals surface area contributed by atoms with E-state index in [1.54, 1.807) is 0 Å². The lowest BCUT2D eigenvalue weighted by Gasteiger charge is -2.35. The van der Waals surface area contributed by atoms with E-state index in [1.807, 2.05) is 42.2 Å². The molecule has 3 saturated heterocycles. The first-order chi connectivity index (χ1) is 17.1. The second-order valence-corrected chi connectivity index (χ2v) is 10.3. The van der Waals surface area contributed by atoms with Gasteiger partial charge in [-0.2, -0.15) is 0 Å². The van der Waals surface area contributed by atoms with Crippen LogP contribution in [-0.4, -0.2) is 44.0 Å². The van der Waals surface area contributed by atoms with Crippen molar-refractivity contribution in [3.05, 3.63) is 83.3 Å². The normalized spacial score (nSPS) is 32.5. The summed E-state index contributed by atoms with van der Waals surface area (Å²) in [6.07, 6.45) is 5.17. The van der Waals surface area contributed by atoms with Crippen LogP contribution in [0.1, 0.15) is 24.5 Å². The summed E-state index contributed by atoms with van der Waals surface area (Å²) >= 11 is 0. The molecule has 0 bridgehead atoms. The fourth-order valence-electron chi connectivity index (χ4n) is 6.38. The van der Waals surface area contributed by atoms with Gasteiger partial charge in [-0.1, -0.05) is 30.3 Å². The molecule has 3 fully saturated rings. The molecule has 180 valence electrons. The molecule has 2 aromatic rings. The third kappa shape index (κ3) is 3.08. The van der Waals surface area contributed by atoms with E-state index in [4.69, 9.17) is 14.2 Å². The van der Waals surface area contributed by atoms with Gasteiger partial charge in [0.05, 0.1) is 18.8 Å². The van der Waals surface area contributed by atoms with Gasteiger partial charge in [0.25, 0.3) is 0 Å². The van der Waals surface area contributed by atoms with Crippen molar-refractivity contribution in [2.24, 2.45) is 5.92 Å². The fraction of sp³-hybridized carbons (Fsp3) is 0.393. The van der Waals surface area contributed by atoms with Gasteiger partial charge in [-0.3, -0.25) is 4.79 Å². The molecule has 1 spiro atoms. The minimum absolute atomic E-state index is 0.0827. The summed E-state index contributed by atoms with van der Waals surface area (Å²) in [7, 11) is 0. The smallest absolute Gasteiger partial charge is 0.241 e. The van der Waals surface area contributed by atoms with Crippen LogP contribution in [0.15, 0.2) is 72.2 Å². The molecular weight excluding hydrogens is 442 g/mol. The van der Waals surface area contributed by atoms with Crippen LogP contribution < -0.4 is 15.5 Å². The summed E-state index contributed by atoms with van der Waals surface area (Å²) in [5.41, 5.74) is 2.78. The third-order valence-corrected chi connectivity index (χ3v) is 8.19. The minimum Gasteiger partial charge on any atom is -0.454 e. The molecule has 0 aromatic heterocycles. The van der Waals surface area contributed by atoms with Gasteiger partial charge in [-0.25, -0.2) is 0 Å². The molecule has 0 saturated carbocycles. The van der Waals surface area contributed by atoms with E-state index >= 15 is 0 Å². The maximum atomic E-state index is 14.3. The number of nitrogens with one attached hydrogen (secondary N) is 2. The molecule has 5 aliphatic rings. The minimum atomic E-state index is -0.788. The molecule has 1 aliphatic carbocycles. The van der Waals surface area contributed by atoms with Crippen LogP contribution in [0.2, 0.25) is 0 Å². The van der Waals surface area contributed by atoms with Crippen molar-refractivity contribution in [3.63, 3.8) is 0 Å². The van der Waals surface area contributed by atoms with Crippen molar-refractivity contribution >= 4 is 17.3 Å². The van der Waals surface area contributed by atoms with Gasteiger partial charge < -0.3 is 29.7 Å². The molecule has 4 aliphatic heterocycles. The quantitative estimate of drug-likeness (QED) is 0.712. The van der Waals surface area contributed by atoms with E-state index in [9.17, 15) is 4.79 Å². The topological polar surface area (TPSA) is 72.1 Å². The number of hydrogen-bond donors (Lipinski definition) is 2. The molecule has 4 heterocycles. The van der Waals surface area contributed by atoms with Crippen LogP contribution in [0.4, 0.5) is 11.4 Å². The fourth-order valence-corrected chi connectivity index (χ4v) is 6.38. The van der Waals surface area contributed by atoms with Crippen LogP contribution in [0.25, 0.3) is 0 Å². The van der Waals surface area contributed by atoms with Crippen molar-refractivity contribution < 1.29 is 19.0 Å². The monoisotopic (exact) mass is 471 g/mol. The Morgan fingerprint density at radius 2 is 1.94 bits per heavy atom. The number of amides is 1. The number of nitrogens with zero attached hydrogens (tertiary/aromatic N) is 1. The van der Waals surface area contributed by atoms with Gasteiger partial charge >= 0.3 is 0 Å². The number of carbonyl (C=O) groups is 1. The number of ether oxygens (including phenoxy) is 3. The lowest BCUT2D eigenvalue weighted by molar-refractivity contribution is -0.124. The molecule has 7 rings (SSSR count). The molecule has 3 unspecified atom stereocenters. The standard InChI is InChI=1S/C28H29N3O4/c1-27-13-24-23(33-17-34-24)12-25(27)28(16-35-27)21-4-2-3-5-22(21)31(26(28)32)15-18-6-8-19(9-7-18)30-20-10-11-29-14-20/h2-9,12-13,20,25,29-30H,10-11,14-17H2,1H3/t20-,25?,27?,28?/m1/s1. The Morgan fingerprint density at radius 3 is 2.77 bits per heavy atom. The van der Waals surface area contributed by atoms with E-state index in [2.05, 4.69) is 41.0 Å². The number of benzene rings is 2. The summed E-state index contributed by atoms with van der Waals surface area (Å²) in [4.78, 5) is 16.2. The van der Waals surface area contributed by atoms with Gasteiger partial charge in [-0.05, 0) is 61.4 Å². The molecule has 0 radical (unpaired) electrons. The number of carbonyl (C=O) groups excluding carboxylic acids is 1. The van der Waals surface area contributed by atoms with Crippen molar-refractivity contribution in [2.75, 3.05) is 36.7 Å². The van der Waals surface area contributed by atoms with Crippen molar-refractivity contribution in [1.82, 2.24) is 5.32 Å². The van der Waals surface area contributed by atoms with Crippen molar-refractivity contribution in [1.29, 1.82) is 0 Å². The third-order valence-electron chi connectivity index (χ3n) is 8.19. The maximum Gasteiger partial charge on any atom is 0.241 e. The molecule has 1 amide bonds. The van der Waals surface area contributed by atoms with E-state index < -0.39 is 11.0 Å². The number of rotatable bonds is 4. The molecule has 35 heavy (non-hydrogen) atoms. The van der Waals surface area contributed by atoms with Gasteiger partial charge in [-0.15, -0.1) is 0 Å². The number of anilines is 2. The molecule has 2 N–H and O–H groups in total. The highest BCUT2D eigenvalue weighted by Crippen LogP contribution is 2.58. The Hall–Kier alpha value is -3.29. The van der Waals surface area contributed by atoms with Gasteiger partial charge in [0.2, 0.25) is 12.7 Å². The average molecular weight is 472 g/mol. The predicted octanol–water partition coefficient (Wildman–Crippen LogP) is 3.44. The lowest BCUT2D eigenvalue weighted by Crippen LogP contribution is -2.48. The first kappa shape index (κ1) is 21.0. The van der Waals surface area contributed by atoms with Crippen LogP contribution in [0.5, 0.6) is 0 Å². The summed E-state index contributed by atoms with van der Waals surface area (Å²) in [5.74, 6) is 1.32. The SMILES string of the molecule is CC12C=C3OCOC3=CC1C1(CO2)C(=O)N(Cc2ccc(N[C@@H]3CCNC3)cc2)c2ccccc21. The Labute approximate surface area is 204 Å². The summed E-state index contributed by atoms with van der Waals surface area (Å²) in [6, 6.07) is 17.1. The Morgan fingerprint density at radius 1 is 1.11 bits per heavy atom. The zero-order valence-electron chi connectivity index (χ0n) is 19.8. The number of hydrogen-bond acceptors (Lipinski definition) is 6. The zero-order chi connectivity index (χ0) is 23.6. The highest BCUT2D eigenvalue weighted by molar-refractivity contribution is 6.09. The summed E-state index contributed by atoms with van der Waals surface area (Å²) in [5, 5.41) is 6.97. The second kappa shape index (κ2) is 7.60. The van der Waals surface area contributed by atoms with Gasteiger partial charge in [0.1, 0.15) is 5.41 Å². The number of para-hydroxylation sites is 1. The first-order valence-electron chi connectivity index (χ1n) is 12.4. The lowest BCUT2D eigenvalue weighted by atomic mass is 9.66. The average Bonchev–Trinajstić information content (AvgIpc) is 3.64. The van der Waals surface area contributed by atoms with E-state index in [0.717, 1.165) is 42.0 Å². The molecule has 2 aromatic carbocycles. The van der Waals surface area contributed by atoms with Crippen molar-refractivity contribution in [3.8, 4) is 0 Å². The van der Waals surface area contributed by atoms with E-state index in [-0.39, 0.29) is 18.6 Å². The molecule has 7 heteroatoms. The van der Waals surface area contributed by atoms with Crippen LogP contribution in [-0.2, 0) is 31.0 Å².